The Balaban J connectivity index is 1.88. The first-order chi connectivity index (χ1) is 11.8. The normalized spacial score (nSPS) is 18.4. The second-order valence-electron chi connectivity index (χ2n) is 6.29. The number of furan rings is 1. The number of hydrogen-bond donors (Lipinski definition) is 1. The van der Waals surface area contributed by atoms with Gasteiger partial charge in [0.2, 0.25) is 0 Å². The molecule has 1 aliphatic heterocycles. The lowest BCUT2D eigenvalue weighted by molar-refractivity contribution is 0.255. The van der Waals surface area contributed by atoms with Crippen LogP contribution in [0.4, 0.5) is 0 Å². The lowest BCUT2D eigenvalue weighted by Gasteiger charge is -2.24. The molecule has 0 radical (unpaired) electrons. The standard InChI is InChI=1S/C19H32N4O/c1-4-11-20-19(21-12-9-18-8-7-14-24-18)23-13-10-17(16-23)15-22(5-2)6-3/h4,7-8,14,17H,1,5-6,9-13,15-16H2,2-3H3,(H,20,21). The average Bonchev–Trinajstić information content (AvgIpc) is 3.27. The largest absolute Gasteiger partial charge is 0.469 e. The van der Waals surface area contributed by atoms with Crippen molar-refractivity contribution in [3.8, 4) is 0 Å². The van der Waals surface area contributed by atoms with Gasteiger partial charge in [0, 0.05) is 39.1 Å². The van der Waals surface area contributed by atoms with Crippen molar-refractivity contribution < 1.29 is 4.42 Å². The lowest BCUT2D eigenvalue weighted by atomic mass is 10.1. The maximum absolute atomic E-state index is 5.38. The van der Waals surface area contributed by atoms with E-state index in [-0.39, 0.29) is 0 Å². The number of hydrogen-bond acceptors (Lipinski definition) is 3. The fourth-order valence-corrected chi connectivity index (χ4v) is 3.18. The molecule has 5 nitrogen and oxygen atoms in total. The van der Waals surface area contributed by atoms with E-state index in [9.17, 15) is 0 Å². The molecule has 1 aromatic rings. The molecule has 0 amide bonds. The Hall–Kier alpha value is -1.75. The van der Waals surface area contributed by atoms with Crippen LogP contribution in [0, 0.1) is 5.92 Å². The number of rotatable bonds is 9. The molecule has 0 bridgehead atoms. The quantitative estimate of drug-likeness (QED) is 0.429. The zero-order valence-electron chi connectivity index (χ0n) is 15.2. The molecule has 1 saturated heterocycles. The summed E-state index contributed by atoms with van der Waals surface area (Å²) in [7, 11) is 0. The van der Waals surface area contributed by atoms with E-state index in [1.807, 2.05) is 18.2 Å². The first-order valence-electron chi connectivity index (χ1n) is 9.15. The average molecular weight is 332 g/mol. The van der Waals surface area contributed by atoms with E-state index in [4.69, 9.17) is 9.41 Å². The van der Waals surface area contributed by atoms with Gasteiger partial charge in [-0.15, -0.1) is 6.58 Å². The van der Waals surface area contributed by atoms with Gasteiger partial charge in [0.25, 0.3) is 0 Å². The molecule has 1 N–H and O–H groups in total. The summed E-state index contributed by atoms with van der Waals surface area (Å²) in [6.07, 6.45) is 5.67. The number of likely N-dealkylation sites (tertiary alicyclic amines) is 1. The monoisotopic (exact) mass is 332 g/mol. The Labute approximate surface area is 146 Å². The lowest BCUT2D eigenvalue weighted by Crippen LogP contribution is -2.41. The molecule has 2 heterocycles. The third kappa shape index (κ3) is 5.71. The van der Waals surface area contributed by atoms with Crippen molar-refractivity contribution >= 4 is 5.96 Å². The first kappa shape index (κ1) is 18.6. The van der Waals surface area contributed by atoms with Gasteiger partial charge in [0.1, 0.15) is 5.76 Å². The van der Waals surface area contributed by atoms with Gasteiger partial charge in [-0.1, -0.05) is 19.9 Å². The first-order valence-corrected chi connectivity index (χ1v) is 9.15. The highest BCUT2D eigenvalue weighted by Crippen LogP contribution is 2.17. The van der Waals surface area contributed by atoms with Crippen LogP contribution in [0.25, 0.3) is 0 Å². The van der Waals surface area contributed by atoms with Crippen molar-refractivity contribution in [3.05, 3.63) is 36.8 Å². The fourth-order valence-electron chi connectivity index (χ4n) is 3.18. The predicted molar refractivity (Wildman–Crippen MR) is 100 cm³/mol. The number of guanidine groups is 1. The minimum Gasteiger partial charge on any atom is -0.469 e. The van der Waals surface area contributed by atoms with E-state index in [0.717, 1.165) is 63.3 Å². The molecule has 5 heteroatoms. The number of aliphatic imine (C=N–C) groups is 1. The Bertz CT molecular complexity index is 493. The van der Waals surface area contributed by atoms with Gasteiger partial charge in [0.15, 0.2) is 5.96 Å². The van der Waals surface area contributed by atoms with Crippen molar-refractivity contribution in [3.63, 3.8) is 0 Å². The van der Waals surface area contributed by atoms with Crippen LogP contribution in [0.15, 0.2) is 40.5 Å². The Kier molecular flexibility index (Phi) is 7.89. The molecule has 1 unspecified atom stereocenters. The van der Waals surface area contributed by atoms with E-state index in [1.54, 1.807) is 6.26 Å². The van der Waals surface area contributed by atoms with E-state index < -0.39 is 0 Å². The second-order valence-corrected chi connectivity index (χ2v) is 6.29. The summed E-state index contributed by atoms with van der Waals surface area (Å²) in [6.45, 7) is 15.4. The molecule has 1 aromatic heterocycles. The molecular weight excluding hydrogens is 300 g/mol. The molecule has 2 rings (SSSR count). The predicted octanol–water partition coefficient (Wildman–Crippen LogP) is 2.62. The second kappa shape index (κ2) is 10.2. The molecule has 134 valence electrons. The van der Waals surface area contributed by atoms with Crippen LogP contribution in [0.3, 0.4) is 0 Å². The number of nitrogens with one attached hydrogen (secondary N) is 1. The third-order valence-corrected chi connectivity index (χ3v) is 4.60. The molecule has 0 saturated carbocycles. The van der Waals surface area contributed by atoms with Gasteiger partial charge in [-0.25, -0.2) is 0 Å². The van der Waals surface area contributed by atoms with Gasteiger partial charge >= 0.3 is 0 Å². The third-order valence-electron chi connectivity index (χ3n) is 4.60. The molecule has 1 aliphatic rings. The van der Waals surface area contributed by atoms with Crippen LogP contribution in [-0.2, 0) is 6.42 Å². The van der Waals surface area contributed by atoms with Gasteiger partial charge < -0.3 is 19.5 Å². The Morgan fingerprint density at radius 2 is 2.33 bits per heavy atom. The highest BCUT2D eigenvalue weighted by molar-refractivity contribution is 5.80. The van der Waals surface area contributed by atoms with E-state index >= 15 is 0 Å². The molecule has 1 atom stereocenters. The molecular formula is C19H32N4O. The Morgan fingerprint density at radius 3 is 3.00 bits per heavy atom. The summed E-state index contributed by atoms with van der Waals surface area (Å²) >= 11 is 0. The van der Waals surface area contributed by atoms with Crippen molar-refractivity contribution in [2.45, 2.75) is 26.7 Å². The summed E-state index contributed by atoms with van der Waals surface area (Å²) in [4.78, 5) is 9.68. The van der Waals surface area contributed by atoms with Crippen LogP contribution >= 0.6 is 0 Å². The summed E-state index contributed by atoms with van der Waals surface area (Å²) < 4.78 is 5.38. The minimum atomic E-state index is 0.728. The van der Waals surface area contributed by atoms with Crippen molar-refractivity contribution in [1.29, 1.82) is 0 Å². The van der Waals surface area contributed by atoms with Gasteiger partial charge in [-0.3, -0.25) is 4.99 Å². The summed E-state index contributed by atoms with van der Waals surface area (Å²) in [5, 5.41) is 3.41. The molecule has 0 aromatic carbocycles. The van der Waals surface area contributed by atoms with Crippen molar-refractivity contribution in [2.24, 2.45) is 10.9 Å². The fraction of sp³-hybridized carbons (Fsp3) is 0.632. The van der Waals surface area contributed by atoms with Crippen LogP contribution in [0.2, 0.25) is 0 Å². The smallest absolute Gasteiger partial charge is 0.194 e. The molecule has 24 heavy (non-hydrogen) atoms. The summed E-state index contributed by atoms with van der Waals surface area (Å²) in [5.74, 6) is 2.72. The van der Waals surface area contributed by atoms with E-state index in [0.29, 0.717) is 0 Å². The van der Waals surface area contributed by atoms with Gasteiger partial charge in [-0.05, 0) is 37.6 Å². The zero-order chi connectivity index (χ0) is 17.2. The zero-order valence-corrected chi connectivity index (χ0v) is 15.2. The maximum Gasteiger partial charge on any atom is 0.194 e. The van der Waals surface area contributed by atoms with Gasteiger partial charge in [-0.2, -0.15) is 0 Å². The topological polar surface area (TPSA) is 44.0 Å². The van der Waals surface area contributed by atoms with Crippen LogP contribution in [0.5, 0.6) is 0 Å². The highest BCUT2D eigenvalue weighted by Gasteiger charge is 2.25. The summed E-state index contributed by atoms with van der Waals surface area (Å²) in [5.41, 5.74) is 0. The number of nitrogens with zero attached hydrogens (tertiary/aromatic N) is 3. The van der Waals surface area contributed by atoms with Gasteiger partial charge in [0.05, 0.1) is 6.26 Å². The summed E-state index contributed by atoms with van der Waals surface area (Å²) in [6, 6.07) is 3.93. The van der Waals surface area contributed by atoms with Crippen molar-refractivity contribution in [1.82, 2.24) is 15.1 Å². The highest BCUT2D eigenvalue weighted by atomic mass is 16.3. The van der Waals surface area contributed by atoms with Crippen LogP contribution < -0.4 is 5.32 Å². The molecule has 0 spiro atoms. The van der Waals surface area contributed by atoms with E-state index in [2.05, 4.69) is 35.5 Å². The Morgan fingerprint density at radius 1 is 1.50 bits per heavy atom. The maximum atomic E-state index is 5.38. The van der Waals surface area contributed by atoms with Crippen molar-refractivity contribution in [2.75, 3.05) is 45.8 Å². The SMILES string of the molecule is C=CCNC(=NCCc1ccco1)N1CCC(CN(CC)CC)C1. The van der Waals surface area contributed by atoms with E-state index in [1.165, 1.54) is 13.0 Å². The molecule has 1 fully saturated rings. The molecule has 0 aliphatic carbocycles. The van der Waals surface area contributed by atoms with Crippen LogP contribution in [-0.4, -0.2) is 61.6 Å². The van der Waals surface area contributed by atoms with Crippen LogP contribution in [0.1, 0.15) is 26.0 Å². The minimum absolute atomic E-state index is 0.728.